The van der Waals surface area contributed by atoms with Crippen LogP contribution in [-0.4, -0.2) is 41.7 Å². The number of anilines is 1. The van der Waals surface area contributed by atoms with E-state index in [1.165, 1.54) is 16.7 Å². The molecule has 0 atom stereocenters. The Balaban J connectivity index is 2.13. The van der Waals surface area contributed by atoms with Crippen LogP contribution in [0.5, 0.6) is 0 Å². The van der Waals surface area contributed by atoms with Crippen molar-refractivity contribution < 1.29 is 14.7 Å². The zero-order chi connectivity index (χ0) is 16.3. The van der Waals surface area contributed by atoms with E-state index in [4.69, 9.17) is 12.2 Å². The highest BCUT2D eigenvalue weighted by Crippen LogP contribution is 2.32. The molecule has 0 radical (unpaired) electrons. The van der Waals surface area contributed by atoms with Gasteiger partial charge in [0.05, 0.1) is 4.91 Å². The van der Waals surface area contributed by atoms with Gasteiger partial charge in [0.1, 0.15) is 4.32 Å². The first kappa shape index (κ1) is 16.5. The molecule has 0 aliphatic carbocycles. The predicted molar refractivity (Wildman–Crippen MR) is 90.3 cm³/mol. The molecular weight excluding hydrogens is 320 g/mol. The quantitative estimate of drug-likeness (QED) is 0.593. The highest BCUT2D eigenvalue weighted by Gasteiger charge is 2.31. The molecule has 1 heterocycles. The van der Waals surface area contributed by atoms with Gasteiger partial charge in [0, 0.05) is 38.7 Å². The maximum atomic E-state index is 12.2. The molecule has 1 aromatic carbocycles. The Labute approximate surface area is 138 Å². The summed E-state index contributed by atoms with van der Waals surface area (Å²) < 4.78 is 0.377. The topological polar surface area (TPSA) is 63.7 Å². The highest BCUT2D eigenvalue weighted by atomic mass is 32.2. The minimum absolute atomic E-state index is 0.0455. The average molecular weight is 335 g/mol. The molecule has 0 bridgehead atoms. The van der Waals surface area contributed by atoms with Crippen LogP contribution in [0, 0.1) is 0 Å². The van der Waals surface area contributed by atoms with E-state index < -0.39 is 5.97 Å². The maximum absolute atomic E-state index is 12.2. The van der Waals surface area contributed by atoms with Gasteiger partial charge in [-0.15, -0.1) is 0 Å². The van der Waals surface area contributed by atoms with Crippen molar-refractivity contribution in [2.24, 2.45) is 0 Å². The van der Waals surface area contributed by atoms with Gasteiger partial charge in [0.2, 0.25) is 0 Å². The molecule has 22 heavy (non-hydrogen) atoms. The van der Waals surface area contributed by atoms with E-state index in [0.717, 1.165) is 11.3 Å². The molecule has 0 spiro atoms. The SMILES string of the molecule is CN(C)c1ccc(C=C2SC(=S)N(CCC(=O)[O-])C2=O)cc1. The number of carbonyl (C=O) groups excluding carboxylic acids is 2. The monoisotopic (exact) mass is 335 g/mol. The summed E-state index contributed by atoms with van der Waals surface area (Å²) in [5.41, 5.74) is 1.96. The lowest BCUT2D eigenvalue weighted by Crippen LogP contribution is -2.33. The van der Waals surface area contributed by atoms with Crippen LogP contribution in [-0.2, 0) is 9.59 Å². The fourth-order valence-corrected chi connectivity index (χ4v) is 3.22. The lowest BCUT2D eigenvalue weighted by molar-refractivity contribution is -0.305. The minimum atomic E-state index is -1.20. The van der Waals surface area contributed by atoms with Gasteiger partial charge in [-0.25, -0.2) is 0 Å². The van der Waals surface area contributed by atoms with E-state index in [2.05, 4.69) is 0 Å². The van der Waals surface area contributed by atoms with Crippen molar-refractivity contribution in [3.63, 3.8) is 0 Å². The number of benzene rings is 1. The second kappa shape index (κ2) is 6.93. The number of amides is 1. The van der Waals surface area contributed by atoms with Gasteiger partial charge in [0.15, 0.2) is 0 Å². The number of carboxylic acids is 1. The van der Waals surface area contributed by atoms with Crippen LogP contribution in [0.4, 0.5) is 5.69 Å². The predicted octanol–water partition coefficient (Wildman–Crippen LogP) is 1.09. The standard InChI is InChI=1S/C15H16N2O3S2/c1-16(2)11-5-3-10(4-6-11)9-12-14(20)17(15(21)22-12)8-7-13(18)19/h3-6,9H,7-8H2,1-2H3,(H,18,19)/p-1. The fraction of sp³-hybridized carbons (Fsp3) is 0.267. The molecule has 1 aliphatic rings. The van der Waals surface area contributed by atoms with Crippen molar-refractivity contribution in [2.45, 2.75) is 6.42 Å². The fourth-order valence-electron chi connectivity index (χ4n) is 1.92. The van der Waals surface area contributed by atoms with Gasteiger partial charge in [-0.2, -0.15) is 0 Å². The summed E-state index contributed by atoms with van der Waals surface area (Å²) in [5.74, 6) is -1.45. The van der Waals surface area contributed by atoms with Gasteiger partial charge in [-0.05, 0) is 23.8 Å². The first-order chi connectivity index (χ1) is 10.4. The van der Waals surface area contributed by atoms with Crippen molar-refractivity contribution in [1.29, 1.82) is 0 Å². The van der Waals surface area contributed by atoms with E-state index in [9.17, 15) is 14.7 Å². The average Bonchev–Trinajstić information content (AvgIpc) is 2.72. The van der Waals surface area contributed by atoms with Gasteiger partial charge in [-0.1, -0.05) is 36.1 Å². The zero-order valence-corrected chi connectivity index (χ0v) is 13.9. The third-order valence-electron chi connectivity index (χ3n) is 3.12. The Kier molecular flexibility index (Phi) is 5.20. The maximum Gasteiger partial charge on any atom is 0.266 e. The number of carboxylic acid groups (broad SMARTS) is 1. The second-order valence-electron chi connectivity index (χ2n) is 4.94. The molecule has 2 rings (SSSR count). The smallest absolute Gasteiger partial charge is 0.266 e. The van der Waals surface area contributed by atoms with Crippen LogP contribution in [0.3, 0.4) is 0 Å². The van der Waals surface area contributed by atoms with E-state index in [1.54, 1.807) is 6.08 Å². The number of thiocarbonyl (C=S) groups is 1. The Morgan fingerprint density at radius 1 is 1.36 bits per heavy atom. The molecule has 0 aromatic heterocycles. The van der Waals surface area contributed by atoms with Crippen LogP contribution in [0.15, 0.2) is 29.2 Å². The number of nitrogens with zero attached hydrogens (tertiary/aromatic N) is 2. The lowest BCUT2D eigenvalue weighted by Gasteiger charge is -2.14. The van der Waals surface area contributed by atoms with Gasteiger partial charge in [0.25, 0.3) is 5.91 Å². The van der Waals surface area contributed by atoms with E-state index in [-0.39, 0.29) is 18.9 Å². The van der Waals surface area contributed by atoms with Crippen LogP contribution in [0.25, 0.3) is 6.08 Å². The van der Waals surface area contributed by atoms with Gasteiger partial charge in [-0.3, -0.25) is 9.69 Å². The molecule has 0 N–H and O–H groups in total. The third-order valence-corrected chi connectivity index (χ3v) is 4.50. The Morgan fingerprint density at radius 3 is 2.55 bits per heavy atom. The summed E-state index contributed by atoms with van der Waals surface area (Å²) in [6.07, 6.45) is 1.54. The van der Waals surface area contributed by atoms with Gasteiger partial charge >= 0.3 is 0 Å². The van der Waals surface area contributed by atoms with Crippen molar-refractivity contribution in [1.82, 2.24) is 4.90 Å². The van der Waals surface area contributed by atoms with E-state index in [1.807, 2.05) is 43.3 Å². The van der Waals surface area contributed by atoms with Crippen LogP contribution in [0.1, 0.15) is 12.0 Å². The molecule has 0 saturated carbocycles. The molecule has 1 fully saturated rings. The number of hydrogen-bond donors (Lipinski definition) is 0. The minimum Gasteiger partial charge on any atom is -0.550 e. The van der Waals surface area contributed by atoms with Crippen molar-refractivity contribution in [3.05, 3.63) is 34.7 Å². The van der Waals surface area contributed by atoms with Crippen molar-refractivity contribution in [2.75, 3.05) is 25.5 Å². The number of aliphatic carboxylic acids is 1. The summed E-state index contributed by atoms with van der Waals surface area (Å²) in [6, 6.07) is 7.76. The van der Waals surface area contributed by atoms with Gasteiger partial charge < -0.3 is 14.8 Å². The highest BCUT2D eigenvalue weighted by molar-refractivity contribution is 8.26. The Morgan fingerprint density at radius 2 is 2.00 bits per heavy atom. The summed E-state index contributed by atoms with van der Waals surface area (Å²) >= 11 is 6.31. The summed E-state index contributed by atoms with van der Waals surface area (Å²) in [7, 11) is 3.91. The number of hydrogen-bond acceptors (Lipinski definition) is 6. The van der Waals surface area contributed by atoms with E-state index in [0.29, 0.717) is 9.23 Å². The molecule has 1 amide bonds. The first-order valence-corrected chi connectivity index (χ1v) is 7.83. The molecule has 5 nitrogen and oxygen atoms in total. The summed E-state index contributed by atoms with van der Waals surface area (Å²) in [6.45, 7) is 0.0455. The van der Waals surface area contributed by atoms with Crippen LogP contribution >= 0.6 is 24.0 Å². The lowest BCUT2D eigenvalue weighted by atomic mass is 10.2. The van der Waals surface area contributed by atoms with Crippen molar-refractivity contribution >= 4 is 51.9 Å². The number of thioether (sulfide) groups is 1. The molecule has 7 heteroatoms. The molecule has 1 aliphatic heterocycles. The number of carbonyl (C=O) groups is 2. The third kappa shape index (κ3) is 3.86. The number of rotatable bonds is 5. The molecular formula is C15H15N2O3S2-. The van der Waals surface area contributed by atoms with Crippen LogP contribution < -0.4 is 10.0 Å². The zero-order valence-electron chi connectivity index (χ0n) is 12.2. The summed E-state index contributed by atoms with van der Waals surface area (Å²) in [4.78, 5) is 26.5. The second-order valence-corrected chi connectivity index (χ2v) is 6.62. The normalized spacial score (nSPS) is 16.5. The Hall–Kier alpha value is -1.86. The largest absolute Gasteiger partial charge is 0.550 e. The van der Waals surface area contributed by atoms with E-state index >= 15 is 0 Å². The molecule has 116 valence electrons. The van der Waals surface area contributed by atoms with Crippen LogP contribution in [0.2, 0.25) is 0 Å². The Bertz CT molecular complexity index is 639. The molecule has 0 unspecified atom stereocenters. The molecule has 1 aromatic rings. The van der Waals surface area contributed by atoms with Crippen molar-refractivity contribution in [3.8, 4) is 0 Å². The summed E-state index contributed by atoms with van der Waals surface area (Å²) in [5, 5.41) is 10.5. The molecule has 1 saturated heterocycles. The first-order valence-electron chi connectivity index (χ1n) is 6.61.